The molecule has 24 heavy (non-hydrogen) atoms. The van der Waals surface area contributed by atoms with E-state index in [0.717, 1.165) is 0 Å². The van der Waals surface area contributed by atoms with Crippen LogP contribution in [0.1, 0.15) is 12.8 Å². The second-order valence-electron chi connectivity index (χ2n) is 5.57. The summed E-state index contributed by atoms with van der Waals surface area (Å²) in [4.78, 5) is 24.2. The molecule has 2 rings (SSSR count). The summed E-state index contributed by atoms with van der Waals surface area (Å²) in [5.41, 5.74) is 0. The van der Waals surface area contributed by atoms with Gasteiger partial charge in [0.05, 0.1) is 30.3 Å². The van der Waals surface area contributed by atoms with Gasteiger partial charge < -0.3 is 14.8 Å². The predicted octanol–water partition coefficient (Wildman–Crippen LogP) is 0.545. The van der Waals surface area contributed by atoms with Gasteiger partial charge in [0.15, 0.2) is 9.84 Å². The molecule has 1 fully saturated rings. The van der Waals surface area contributed by atoms with Crippen molar-refractivity contribution >= 4 is 21.7 Å². The number of nitrogens with one attached hydrogen (secondary N) is 1. The maximum Gasteiger partial charge on any atom is 0.328 e. The Morgan fingerprint density at radius 3 is 2.62 bits per heavy atom. The number of hydrogen-bond donors (Lipinski definition) is 1. The maximum absolute atomic E-state index is 12.3. The first-order valence-corrected chi connectivity index (χ1v) is 9.33. The summed E-state index contributed by atoms with van der Waals surface area (Å²) in [5.74, 6) is -1.56. The van der Waals surface area contributed by atoms with Crippen LogP contribution in [0.15, 0.2) is 35.2 Å². The Bertz CT molecular complexity index is 667. The van der Waals surface area contributed by atoms with Crippen LogP contribution in [0, 0.1) is 5.92 Å². The quantitative estimate of drug-likeness (QED) is 0.717. The number of amides is 1. The Labute approximate surface area is 141 Å². The van der Waals surface area contributed by atoms with Crippen molar-refractivity contribution in [3.8, 4) is 0 Å². The van der Waals surface area contributed by atoms with Gasteiger partial charge in [-0.2, -0.15) is 0 Å². The van der Waals surface area contributed by atoms with E-state index in [1.807, 2.05) is 0 Å². The number of carbonyl (C=O) groups excluding carboxylic acids is 2. The molecule has 8 heteroatoms. The molecule has 0 bridgehead atoms. The molecule has 1 aromatic carbocycles. The van der Waals surface area contributed by atoms with E-state index in [-0.39, 0.29) is 28.9 Å². The highest BCUT2D eigenvalue weighted by molar-refractivity contribution is 7.91. The molecule has 1 N–H and O–H groups in total. The zero-order valence-corrected chi connectivity index (χ0v) is 14.3. The molecule has 132 valence electrons. The van der Waals surface area contributed by atoms with E-state index in [9.17, 15) is 18.0 Å². The number of rotatable bonds is 7. The molecule has 0 aliphatic carbocycles. The van der Waals surface area contributed by atoms with Crippen molar-refractivity contribution in [1.82, 2.24) is 5.32 Å². The summed E-state index contributed by atoms with van der Waals surface area (Å²) >= 11 is 0. The van der Waals surface area contributed by atoms with E-state index in [2.05, 4.69) is 10.1 Å². The predicted molar refractivity (Wildman–Crippen MR) is 86.0 cm³/mol. The summed E-state index contributed by atoms with van der Waals surface area (Å²) in [6.07, 6.45) is 0.533. The lowest BCUT2D eigenvalue weighted by molar-refractivity contribution is -0.145. The lowest BCUT2D eigenvalue weighted by Gasteiger charge is -2.18. The summed E-state index contributed by atoms with van der Waals surface area (Å²) in [5, 5.41) is 2.58. The third-order valence-electron chi connectivity index (χ3n) is 3.88. The van der Waals surface area contributed by atoms with E-state index < -0.39 is 21.8 Å². The number of sulfone groups is 1. The Kier molecular flexibility index (Phi) is 6.33. The van der Waals surface area contributed by atoms with Crippen molar-refractivity contribution in [1.29, 1.82) is 0 Å². The number of benzene rings is 1. The van der Waals surface area contributed by atoms with Gasteiger partial charge in [-0.1, -0.05) is 18.2 Å². The molecule has 0 saturated carbocycles. The molecule has 2 atom stereocenters. The topological polar surface area (TPSA) is 98.8 Å². The zero-order chi connectivity index (χ0) is 17.6. The maximum atomic E-state index is 12.3. The first-order valence-electron chi connectivity index (χ1n) is 7.68. The van der Waals surface area contributed by atoms with E-state index in [0.29, 0.717) is 19.6 Å². The first-order chi connectivity index (χ1) is 11.4. The second-order valence-corrected chi connectivity index (χ2v) is 7.67. The van der Waals surface area contributed by atoms with Crippen molar-refractivity contribution in [2.24, 2.45) is 5.92 Å². The Morgan fingerprint density at radius 2 is 2.04 bits per heavy atom. The fourth-order valence-electron chi connectivity index (χ4n) is 2.44. The van der Waals surface area contributed by atoms with Gasteiger partial charge in [-0.05, 0) is 25.0 Å². The average Bonchev–Trinajstić information content (AvgIpc) is 3.13. The molecule has 0 spiro atoms. The van der Waals surface area contributed by atoms with Gasteiger partial charge in [0.1, 0.15) is 6.04 Å². The number of methoxy groups -OCH3 is 1. The van der Waals surface area contributed by atoms with Gasteiger partial charge >= 0.3 is 5.97 Å². The summed E-state index contributed by atoms with van der Waals surface area (Å²) in [6.45, 7) is 0.811. The molecular weight excluding hydrogens is 334 g/mol. The molecule has 1 aliphatic heterocycles. The van der Waals surface area contributed by atoms with Gasteiger partial charge in [-0.25, -0.2) is 13.2 Å². The first kappa shape index (κ1) is 18.4. The molecule has 1 aromatic rings. The summed E-state index contributed by atoms with van der Waals surface area (Å²) < 4.78 is 34.4. The SMILES string of the molecule is COC(=O)[C@@H](CCS(=O)(=O)c1ccccc1)NC(=O)[C@H]1CCOC1. The molecule has 0 unspecified atom stereocenters. The molecular formula is C16H21NO6S. The average molecular weight is 355 g/mol. The van der Waals surface area contributed by atoms with Crippen LogP contribution in [0.2, 0.25) is 0 Å². The lowest BCUT2D eigenvalue weighted by atomic mass is 10.1. The largest absolute Gasteiger partial charge is 0.467 e. The summed E-state index contributed by atoms with van der Waals surface area (Å²) in [7, 11) is -2.34. The van der Waals surface area contributed by atoms with E-state index in [1.165, 1.54) is 19.2 Å². The van der Waals surface area contributed by atoms with Gasteiger partial charge in [0, 0.05) is 6.61 Å². The highest BCUT2D eigenvalue weighted by Gasteiger charge is 2.29. The zero-order valence-electron chi connectivity index (χ0n) is 13.4. The van der Waals surface area contributed by atoms with Crippen molar-refractivity contribution in [3.05, 3.63) is 30.3 Å². The Hall–Kier alpha value is -1.93. The lowest BCUT2D eigenvalue weighted by Crippen LogP contribution is -2.45. The van der Waals surface area contributed by atoms with Gasteiger partial charge in [0.25, 0.3) is 0 Å². The second kappa shape index (κ2) is 8.25. The molecule has 0 aromatic heterocycles. The number of esters is 1. The van der Waals surface area contributed by atoms with Crippen molar-refractivity contribution in [3.63, 3.8) is 0 Å². The van der Waals surface area contributed by atoms with Crippen LogP contribution in [0.5, 0.6) is 0 Å². The number of ether oxygens (including phenoxy) is 2. The number of carbonyl (C=O) groups is 2. The van der Waals surface area contributed by atoms with Crippen LogP contribution < -0.4 is 5.32 Å². The normalized spacial score (nSPS) is 18.8. The van der Waals surface area contributed by atoms with Crippen molar-refractivity contribution < 1.29 is 27.5 Å². The Balaban J connectivity index is 2.01. The van der Waals surface area contributed by atoms with Gasteiger partial charge in [-0.3, -0.25) is 4.79 Å². The minimum atomic E-state index is -3.54. The molecule has 7 nitrogen and oxygen atoms in total. The molecule has 1 aliphatic rings. The van der Waals surface area contributed by atoms with E-state index in [1.54, 1.807) is 18.2 Å². The smallest absolute Gasteiger partial charge is 0.328 e. The monoisotopic (exact) mass is 355 g/mol. The van der Waals surface area contributed by atoms with Crippen LogP contribution in [0.4, 0.5) is 0 Å². The van der Waals surface area contributed by atoms with Crippen LogP contribution in [0.3, 0.4) is 0 Å². The van der Waals surface area contributed by atoms with E-state index in [4.69, 9.17) is 4.74 Å². The fourth-order valence-corrected chi connectivity index (χ4v) is 3.79. The molecule has 1 amide bonds. The van der Waals surface area contributed by atoms with Crippen LogP contribution >= 0.6 is 0 Å². The number of hydrogen-bond acceptors (Lipinski definition) is 6. The van der Waals surface area contributed by atoms with Crippen LogP contribution in [-0.2, 0) is 28.9 Å². The highest BCUT2D eigenvalue weighted by Crippen LogP contribution is 2.15. The van der Waals surface area contributed by atoms with Crippen molar-refractivity contribution in [2.75, 3.05) is 26.1 Å². The Morgan fingerprint density at radius 1 is 1.33 bits per heavy atom. The molecule has 1 heterocycles. The minimum Gasteiger partial charge on any atom is -0.467 e. The van der Waals surface area contributed by atoms with Crippen molar-refractivity contribution in [2.45, 2.75) is 23.8 Å². The minimum absolute atomic E-state index is 0.0524. The van der Waals surface area contributed by atoms with Crippen LogP contribution in [-0.4, -0.2) is 52.4 Å². The van der Waals surface area contributed by atoms with Gasteiger partial charge in [0.2, 0.25) is 5.91 Å². The summed E-state index contributed by atoms with van der Waals surface area (Å²) in [6, 6.07) is 6.98. The standard InChI is InChI=1S/C16H21NO6S/c1-22-16(19)14(17-15(18)12-7-9-23-11-12)8-10-24(20,21)13-5-3-2-4-6-13/h2-6,12,14H,7-11H2,1H3,(H,17,18)/t12-,14+/m0/s1. The fraction of sp³-hybridized carbons (Fsp3) is 0.500. The third kappa shape index (κ3) is 4.78. The van der Waals surface area contributed by atoms with Gasteiger partial charge in [-0.15, -0.1) is 0 Å². The van der Waals surface area contributed by atoms with Crippen LogP contribution in [0.25, 0.3) is 0 Å². The van der Waals surface area contributed by atoms with E-state index >= 15 is 0 Å². The molecule has 1 saturated heterocycles. The molecule has 0 radical (unpaired) electrons. The highest BCUT2D eigenvalue weighted by atomic mass is 32.2. The third-order valence-corrected chi connectivity index (χ3v) is 5.64.